The monoisotopic (exact) mass is 219 g/mol. The third-order valence-electron chi connectivity index (χ3n) is 1.57. The van der Waals surface area contributed by atoms with Crippen LogP contribution in [-0.2, 0) is 14.3 Å². The highest BCUT2D eigenvalue weighted by atomic mass is 16.5. The van der Waals surface area contributed by atoms with Gasteiger partial charge in [-0.25, -0.2) is 0 Å². The van der Waals surface area contributed by atoms with Crippen LogP contribution in [0.2, 0.25) is 0 Å². The molecule has 1 amide bonds. The van der Waals surface area contributed by atoms with Crippen molar-refractivity contribution in [2.24, 2.45) is 0 Å². The summed E-state index contributed by atoms with van der Waals surface area (Å²) in [4.78, 5) is 11.1. The van der Waals surface area contributed by atoms with E-state index in [4.69, 9.17) is 14.6 Å². The van der Waals surface area contributed by atoms with Crippen molar-refractivity contribution in [1.82, 2.24) is 5.32 Å². The smallest absolute Gasteiger partial charge is 0.246 e. The molecule has 90 valence electrons. The van der Waals surface area contributed by atoms with Crippen molar-refractivity contribution in [3.8, 4) is 0 Å². The summed E-state index contributed by atoms with van der Waals surface area (Å²) in [5.41, 5.74) is 0. The highest BCUT2D eigenvalue weighted by molar-refractivity contribution is 5.77. The third kappa shape index (κ3) is 11.3. The molecule has 5 nitrogen and oxygen atoms in total. The lowest BCUT2D eigenvalue weighted by molar-refractivity contribution is -0.127. The Balaban J connectivity index is 3.17. The number of hydrogen-bond acceptors (Lipinski definition) is 4. The van der Waals surface area contributed by atoms with Crippen molar-refractivity contribution < 1.29 is 19.4 Å². The number of aliphatic hydroxyl groups excluding tert-OH is 1. The first-order valence-corrected chi connectivity index (χ1v) is 5.23. The van der Waals surface area contributed by atoms with Gasteiger partial charge in [-0.15, -0.1) is 0 Å². The number of hydrogen-bond donors (Lipinski definition) is 2. The van der Waals surface area contributed by atoms with Crippen LogP contribution in [0.1, 0.15) is 20.3 Å². The summed E-state index contributed by atoms with van der Waals surface area (Å²) < 4.78 is 10.2. The predicted octanol–water partition coefficient (Wildman–Crippen LogP) is -0.0734. The van der Waals surface area contributed by atoms with Crippen molar-refractivity contribution in [1.29, 1.82) is 0 Å². The molecule has 0 unspecified atom stereocenters. The normalized spacial score (nSPS) is 10.7. The van der Waals surface area contributed by atoms with Crippen LogP contribution in [-0.4, -0.2) is 50.1 Å². The molecule has 15 heavy (non-hydrogen) atoms. The fraction of sp³-hybridized carbons (Fsp3) is 0.900. The first kappa shape index (κ1) is 14.3. The van der Waals surface area contributed by atoms with E-state index >= 15 is 0 Å². The van der Waals surface area contributed by atoms with Gasteiger partial charge in [0.1, 0.15) is 6.61 Å². The third-order valence-corrected chi connectivity index (χ3v) is 1.57. The SMILES string of the molecule is CC(C)OCC(=O)NCCCOCCO. The van der Waals surface area contributed by atoms with E-state index in [1.807, 2.05) is 13.8 Å². The maximum absolute atomic E-state index is 11.1. The summed E-state index contributed by atoms with van der Waals surface area (Å²) >= 11 is 0. The summed E-state index contributed by atoms with van der Waals surface area (Å²) in [5.74, 6) is -0.106. The summed E-state index contributed by atoms with van der Waals surface area (Å²) in [6.45, 7) is 5.39. The number of nitrogens with one attached hydrogen (secondary N) is 1. The van der Waals surface area contributed by atoms with Crippen molar-refractivity contribution in [2.75, 3.05) is 33.0 Å². The minimum atomic E-state index is -0.106. The van der Waals surface area contributed by atoms with E-state index in [1.54, 1.807) is 0 Å². The summed E-state index contributed by atoms with van der Waals surface area (Å²) in [6.07, 6.45) is 0.816. The second-order valence-corrected chi connectivity index (χ2v) is 3.40. The number of ether oxygens (including phenoxy) is 2. The average molecular weight is 219 g/mol. The lowest BCUT2D eigenvalue weighted by Crippen LogP contribution is -2.30. The standard InChI is InChI=1S/C10H21NO4/c1-9(2)15-8-10(13)11-4-3-6-14-7-5-12/h9,12H,3-8H2,1-2H3,(H,11,13). The van der Waals surface area contributed by atoms with Crippen LogP contribution in [0.3, 0.4) is 0 Å². The fourth-order valence-electron chi connectivity index (χ4n) is 0.862. The van der Waals surface area contributed by atoms with Crippen LogP contribution in [0, 0.1) is 0 Å². The molecule has 5 heteroatoms. The minimum absolute atomic E-state index is 0.0363. The van der Waals surface area contributed by atoms with E-state index in [-0.39, 0.29) is 25.2 Å². The molecule has 0 saturated heterocycles. The van der Waals surface area contributed by atoms with E-state index in [0.717, 1.165) is 6.42 Å². The second kappa shape index (κ2) is 9.89. The van der Waals surface area contributed by atoms with Gasteiger partial charge in [-0.05, 0) is 20.3 Å². The molecule has 2 N–H and O–H groups in total. The molecule has 0 aliphatic heterocycles. The molecule has 0 bridgehead atoms. The number of carbonyl (C=O) groups is 1. The molecule has 0 radical (unpaired) electrons. The Hall–Kier alpha value is -0.650. The topological polar surface area (TPSA) is 67.8 Å². The molecular weight excluding hydrogens is 198 g/mol. The van der Waals surface area contributed by atoms with E-state index in [9.17, 15) is 4.79 Å². The summed E-state index contributed by atoms with van der Waals surface area (Å²) in [7, 11) is 0. The molecule has 0 spiro atoms. The van der Waals surface area contributed by atoms with Gasteiger partial charge in [0.25, 0.3) is 0 Å². The van der Waals surface area contributed by atoms with Gasteiger partial charge in [0.15, 0.2) is 0 Å². The van der Waals surface area contributed by atoms with Gasteiger partial charge in [0, 0.05) is 13.2 Å². The van der Waals surface area contributed by atoms with Crippen LogP contribution in [0.25, 0.3) is 0 Å². The second-order valence-electron chi connectivity index (χ2n) is 3.40. The number of amides is 1. The zero-order valence-corrected chi connectivity index (χ0v) is 9.49. The van der Waals surface area contributed by atoms with Crippen LogP contribution in [0.4, 0.5) is 0 Å². The first-order valence-electron chi connectivity index (χ1n) is 5.23. The molecule has 0 heterocycles. The van der Waals surface area contributed by atoms with Crippen LogP contribution >= 0.6 is 0 Å². The van der Waals surface area contributed by atoms with Crippen molar-refractivity contribution >= 4 is 5.91 Å². The zero-order valence-electron chi connectivity index (χ0n) is 9.49. The molecule has 0 aliphatic carbocycles. The number of rotatable bonds is 9. The molecule has 0 aromatic rings. The average Bonchev–Trinajstić information content (AvgIpc) is 2.20. The molecule has 0 aromatic carbocycles. The largest absolute Gasteiger partial charge is 0.394 e. The highest BCUT2D eigenvalue weighted by Gasteiger charge is 2.01. The predicted molar refractivity (Wildman–Crippen MR) is 56.6 cm³/mol. The van der Waals surface area contributed by atoms with Gasteiger partial charge in [-0.3, -0.25) is 4.79 Å². The van der Waals surface area contributed by atoms with Crippen LogP contribution in [0.5, 0.6) is 0 Å². The Kier molecular flexibility index (Phi) is 9.46. The Morgan fingerprint density at radius 3 is 2.73 bits per heavy atom. The zero-order chi connectivity index (χ0) is 11.5. The summed E-state index contributed by atoms with van der Waals surface area (Å²) in [5, 5.41) is 11.1. The Labute approximate surface area is 90.8 Å². The Morgan fingerprint density at radius 1 is 1.40 bits per heavy atom. The van der Waals surface area contributed by atoms with Crippen LogP contribution < -0.4 is 5.32 Å². The van der Waals surface area contributed by atoms with E-state index in [1.165, 1.54) is 0 Å². The number of aliphatic hydroxyl groups is 1. The van der Waals surface area contributed by atoms with Crippen LogP contribution in [0.15, 0.2) is 0 Å². The highest BCUT2D eigenvalue weighted by Crippen LogP contribution is 1.86. The molecular formula is C10H21NO4. The van der Waals surface area contributed by atoms with Gasteiger partial charge in [0.05, 0.1) is 19.3 Å². The quantitative estimate of drug-likeness (QED) is 0.533. The van der Waals surface area contributed by atoms with E-state index < -0.39 is 0 Å². The lowest BCUT2D eigenvalue weighted by Gasteiger charge is -2.08. The molecule has 0 rings (SSSR count). The minimum Gasteiger partial charge on any atom is -0.394 e. The fourth-order valence-corrected chi connectivity index (χ4v) is 0.862. The van der Waals surface area contributed by atoms with E-state index in [0.29, 0.717) is 19.8 Å². The molecule has 0 fully saturated rings. The van der Waals surface area contributed by atoms with E-state index in [2.05, 4.69) is 5.32 Å². The summed E-state index contributed by atoms with van der Waals surface area (Å²) in [6, 6.07) is 0. The molecule has 0 saturated carbocycles. The van der Waals surface area contributed by atoms with Gasteiger partial charge in [-0.2, -0.15) is 0 Å². The van der Waals surface area contributed by atoms with Gasteiger partial charge >= 0.3 is 0 Å². The molecule has 0 aliphatic rings. The maximum atomic E-state index is 11.1. The lowest BCUT2D eigenvalue weighted by atomic mass is 10.4. The number of carbonyl (C=O) groups excluding carboxylic acids is 1. The van der Waals surface area contributed by atoms with Crippen molar-refractivity contribution in [3.05, 3.63) is 0 Å². The molecule has 0 aromatic heterocycles. The van der Waals surface area contributed by atoms with Crippen molar-refractivity contribution in [2.45, 2.75) is 26.4 Å². The molecule has 0 atom stereocenters. The van der Waals surface area contributed by atoms with Gasteiger partial charge < -0.3 is 19.9 Å². The maximum Gasteiger partial charge on any atom is 0.246 e. The van der Waals surface area contributed by atoms with Gasteiger partial charge in [-0.1, -0.05) is 0 Å². The van der Waals surface area contributed by atoms with Gasteiger partial charge in [0.2, 0.25) is 5.91 Å². The Bertz CT molecular complexity index is 162. The Morgan fingerprint density at radius 2 is 2.13 bits per heavy atom. The van der Waals surface area contributed by atoms with Crippen molar-refractivity contribution in [3.63, 3.8) is 0 Å². The first-order chi connectivity index (χ1) is 7.16.